The molecular formula is C15H11FN2O. The summed E-state index contributed by atoms with van der Waals surface area (Å²) in [4.78, 5) is 12.0. The van der Waals surface area contributed by atoms with Crippen molar-refractivity contribution < 1.29 is 9.18 Å². The predicted octanol–water partition coefficient (Wildman–Crippen LogP) is 3.26. The minimum atomic E-state index is -0.345. The van der Waals surface area contributed by atoms with Gasteiger partial charge in [-0.05, 0) is 48.9 Å². The first-order valence-electron chi connectivity index (χ1n) is 5.68. The summed E-state index contributed by atoms with van der Waals surface area (Å²) in [5.41, 5.74) is 2.00. The molecule has 0 heterocycles. The molecule has 0 bridgehead atoms. The second-order valence-corrected chi connectivity index (χ2v) is 4.11. The number of aryl methyl sites for hydroxylation is 1. The highest BCUT2D eigenvalue weighted by Crippen LogP contribution is 2.17. The second kappa shape index (κ2) is 5.32. The van der Waals surface area contributed by atoms with Crippen molar-refractivity contribution in [3.63, 3.8) is 0 Å². The Hall–Kier alpha value is -2.67. The van der Waals surface area contributed by atoms with E-state index in [1.807, 2.05) is 6.07 Å². The highest BCUT2D eigenvalue weighted by atomic mass is 19.1. The zero-order chi connectivity index (χ0) is 13.8. The summed E-state index contributed by atoms with van der Waals surface area (Å²) < 4.78 is 13.0. The number of benzene rings is 2. The Morgan fingerprint density at radius 1 is 1.26 bits per heavy atom. The van der Waals surface area contributed by atoms with Crippen molar-refractivity contribution in [1.29, 1.82) is 5.26 Å². The number of hydrogen-bond donors (Lipinski definition) is 1. The number of halogens is 1. The number of rotatable bonds is 2. The molecule has 94 valence electrons. The van der Waals surface area contributed by atoms with E-state index in [0.717, 1.165) is 0 Å². The van der Waals surface area contributed by atoms with Gasteiger partial charge in [-0.15, -0.1) is 0 Å². The Morgan fingerprint density at radius 2 is 2.05 bits per heavy atom. The van der Waals surface area contributed by atoms with Gasteiger partial charge < -0.3 is 5.32 Å². The predicted molar refractivity (Wildman–Crippen MR) is 70.2 cm³/mol. The summed E-state index contributed by atoms with van der Waals surface area (Å²) in [6, 6.07) is 12.5. The van der Waals surface area contributed by atoms with Gasteiger partial charge in [0, 0.05) is 11.3 Å². The fourth-order valence-electron chi connectivity index (χ4n) is 1.69. The van der Waals surface area contributed by atoms with Crippen molar-refractivity contribution in [2.75, 3.05) is 5.32 Å². The number of nitrogens with zero attached hydrogens (tertiary/aromatic N) is 1. The van der Waals surface area contributed by atoms with E-state index in [0.29, 0.717) is 22.4 Å². The quantitative estimate of drug-likeness (QED) is 0.894. The number of hydrogen-bond acceptors (Lipinski definition) is 2. The molecule has 0 saturated heterocycles. The molecule has 4 heteroatoms. The molecule has 2 rings (SSSR count). The molecule has 0 fully saturated rings. The second-order valence-electron chi connectivity index (χ2n) is 4.11. The van der Waals surface area contributed by atoms with Gasteiger partial charge in [0.2, 0.25) is 0 Å². The van der Waals surface area contributed by atoms with Crippen molar-refractivity contribution in [3.8, 4) is 6.07 Å². The first-order chi connectivity index (χ1) is 9.10. The van der Waals surface area contributed by atoms with Crippen LogP contribution in [0.25, 0.3) is 0 Å². The van der Waals surface area contributed by atoms with E-state index in [2.05, 4.69) is 5.32 Å². The molecule has 0 aliphatic carbocycles. The molecule has 19 heavy (non-hydrogen) atoms. The molecule has 0 aliphatic rings. The van der Waals surface area contributed by atoms with Crippen molar-refractivity contribution in [2.24, 2.45) is 0 Å². The maximum atomic E-state index is 13.0. The topological polar surface area (TPSA) is 52.9 Å². The summed E-state index contributed by atoms with van der Waals surface area (Å²) in [5.74, 6) is -0.672. The van der Waals surface area contributed by atoms with Gasteiger partial charge >= 0.3 is 0 Å². The molecular weight excluding hydrogens is 243 g/mol. The van der Waals surface area contributed by atoms with Crippen LogP contribution in [0, 0.1) is 24.1 Å². The third-order valence-electron chi connectivity index (χ3n) is 2.69. The maximum absolute atomic E-state index is 13.0. The Bertz CT molecular complexity index is 674. The Morgan fingerprint density at radius 3 is 2.74 bits per heavy atom. The number of nitrogens with one attached hydrogen (secondary N) is 1. The van der Waals surface area contributed by atoms with Crippen LogP contribution in [-0.4, -0.2) is 5.91 Å². The van der Waals surface area contributed by atoms with Crippen LogP contribution in [0.5, 0.6) is 0 Å². The van der Waals surface area contributed by atoms with Crippen LogP contribution in [-0.2, 0) is 0 Å². The lowest BCUT2D eigenvalue weighted by Gasteiger charge is -2.08. The summed E-state index contributed by atoms with van der Waals surface area (Å²) in [6.45, 7) is 1.71. The van der Waals surface area contributed by atoms with E-state index < -0.39 is 0 Å². The molecule has 0 spiro atoms. The van der Waals surface area contributed by atoms with Gasteiger partial charge in [-0.3, -0.25) is 4.79 Å². The minimum Gasteiger partial charge on any atom is -0.322 e. The van der Waals surface area contributed by atoms with Crippen LogP contribution in [0.3, 0.4) is 0 Å². The van der Waals surface area contributed by atoms with E-state index in [1.165, 1.54) is 24.3 Å². The normalized spacial score (nSPS) is 9.74. The molecule has 1 amide bonds. The van der Waals surface area contributed by atoms with Crippen LogP contribution in [0.4, 0.5) is 10.1 Å². The number of carbonyl (C=O) groups excluding carboxylic acids is 1. The molecule has 0 atom stereocenters. The summed E-state index contributed by atoms with van der Waals surface area (Å²) in [6.07, 6.45) is 0. The average Bonchev–Trinajstić information content (AvgIpc) is 2.42. The Kier molecular flexibility index (Phi) is 3.58. The van der Waals surface area contributed by atoms with Crippen LogP contribution in [0.1, 0.15) is 21.5 Å². The fourth-order valence-corrected chi connectivity index (χ4v) is 1.69. The molecule has 0 saturated carbocycles. The van der Waals surface area contributed by atoms with Crippen LogP contribution < -0.4 is 5.32 Å². The first kappa shape index (κ1) is 12.8. The molecule has 0 aliphatic heterocycles. The highest BCUT2D eigenvalue weighted by molar-refractivity contribution is 6.04. The average molecular weight is 254 g/mol. The lowest BCUT2D eigenvalue weighted by molar-refractivity contribution is 0.102. The largest absolute Gasteiger partial charge is 0.322 e. The molecule has 0 aromatic heterocycles. The van der Waals surface area contributed by atoms with E-state index in [1.54, 1.807) is 25.1 Å². The number of carbonyl (C=O) groups is 1. The van der Waals surface area contributed by atoms with Gasteiger partial charge in [-0.1, -0.05) is 6.07 Å². The van der Waals surface area contributed by atoms with E-state index >= 15 is 0 Å². The third kappa shape index (κ3) is 2.96. The van der Waals surface area contributed by atoms with Gasteiger partial charge in [-0.25, -0.2) is 4.39 Å². The fraction of sp³-hybridized carbons (Fsp3) is 0.0667. The minimum absolute atomic E-state index is 0.327. The van der Waals surface area contributed by atoms with Crippen molar-refractivity contribution in [1.82, 2.24) is 0 Å². The van der Waals surface area contributed by atoms with Gasteiger partial charge in [0.05, 0.1) is 11.6 Å². The first-order valence-corrected chi connectivity index (χ1v) is 5.68. The maximum Gasteiger partial charge on any atom is 0.255 e. The summed E-state index contributed by atoms with van der Waals surface area (Å²) in [7, 11) is 0. The molecule has 0 unspecified atom stereocenters. The van der Waals surface area contributed by atoms with Crippen molar-refractivity contribution in [2.45, 2.75) is 6.92 Å². The van der Waals surface area contributed by atoms with E-state index in [9.17, 15) is 9.18 Å². The molecule has 0 radical (unpaired) electrons. The lowest BCUT2D eigenvalue weighted by Crippen LogP contribution is -2.12. The zero-order valence-electron chi connectivity index (χ0n) is 10.3. The highest BCUT2D eigenvalue weighted by Gasteiger charge is 2.08. The standard InChI is InChI=1S/C15H11FN2O/c1-10-7-13(16)5-6-14(10)18-15(19)12-4-2-3-11(8-12)9-17/h2-8H,1H3,(H,18,19). The SMILES string of the molecule is Cc1cc(F)ccc1NC(=O)c1cccc(C#N)c1. The number of amides is 1. The molecule has 1 N–H and O–H groups in total. The van der Waals surface area contributed by atoms with Gasteiger partial charge in [0.15, 0.2) is 0 Å². The van der Waals surface area contributed by atoms with Gasteiger partial charge in [-0.2, -0.15) is 5.26 Å². The smallest absolute Gasteiger partial charge is 0.255 e. The lowest BCUT2D eigenvalue weighted by atomic mass is 10.1. The summed E-state index contributed by atoms with van der Waals surface area (Å²) in [5, 5.41) is 11.5. The van der Waals surface area contributed by atoms with Crippen LogP contribution >= 0.6 is 0 Å². The molecule has 2 aromatic rings. The monoisotopic (exact) mass is 254 g/mol. The molecule has 3 nitrogen and oxygen atoms in total. The molecule has 2 aromatic carbocycles. The Labute approximate surface area is 110 Å². The van der Waals surface area contributed by atoms with Crippen molar-refractivity contribution in [3.05, 3.63) is 65.0 Å². The van der Waals surface area contributed by atoms with Crippen LogP contribution in [0.15, 0.2) is 42.5 Å². The summed E-state index contributed by atoms with van der Waals surface area (Å²) >= 11 is 0. The van der Waals surface area contributed by atoms with E-state index in [4.69, 9.17) is 5.26 Å². The van der Waals surface area contributed by atoms with Gasteiger partial charge in [0.25, 0.3) is 5.91 Å². The third-order valence-corrected chi connectivity index (χ3v) is 2.69. The van der Waals surface area contributed by atoms with E-state index in [-0.39, 0.29) is 11.7 Å². The number of nitriles is 1. The van der Waals surface area contributed by atoms with Crippen molar-refractivity contribution >= 4 is 11.6 Å². The van der Waals surface area contributed by atoms with Gasteiger partial charge in [0.1, 0.15) is 5.82 Å². The number of anilines is 1. The Balaban J connectivity index is 2.23. The van der Waals surface area contributed by atoms with Crippen LogP contribution in [0.2, 0.25) is 0 Å². The zero-order valence-corrected chi connectivity index (χ0v) is 10.3.